The molecule has 1 N–H and O–H groups in total. The first-order chi connectivity index (χ1) is 6.10. The van der Waals surface area contributed by atoms with Gasteiger partial charge in [0, 0.05) is 13.1 Å². The van der Waals surface area contributed by atoms with Crippen LogP contribution >= 0.6 is 0 Å². The van der Waals surface area contributed by atoms with Gasteiger partial charge in [0.05, 0.1) is 18.4 Å². The maximum atomic E-state index is 13.0. The van der Waals surface area contributed by atoms with Gasteiger partial charge in [0.15, 0.2) is 0 Å². The zero-order valence-corrected chi connectivity index (χ0v) is 7.73. The van der Waals surface area contributed by atoms with E-state index in [-0.39, 0.29) is 12.4 Å². The van der Waals surface area contributed by atoms with Gasteiger partial charge in [-0.05, 0) is 6.92 Å². The third-order valence-corrected chi connectivity index (χ3v) is 2.29. The van der Waals surface area contributed by atoms with Crippen LogP contribution in [0.15, 0.2) is 12.4 Å². The summed E-state index contributed by atoms with van der Waals surface area (Å²) < 4.78 is 17.7. The predicted molar refractivity (Wildman–Crippen MR) is 46.8 cm³/mol. The molecule has 0 spiro atoms. The van der Waals surface area contributed by atoms with E-state index in [1.807, 2.05) is 0 Å². The monoisotopic (exact) mass is 187 g/mol. The summed E-state index contributed by atoms with van der Waals surface area (Å²) in [6, 6.07) is 0. The lowest BCUT2D eigenvalue weighted by molar-refractivity contribution is -0.146. The normalized spacial score (nSPS) is 18.9. The molecule has 0 amide bonds. The molecule has 0 atom stereocenters. The van der Waals surface area contributed by atoms with E-state index >= 15 is 0 Å². The second-order valence-electron chi connectivity index (χ2n) is 3.27. The number of carbonyl (C=O) groups is 1. The van der Waals surface area contributed by atoms with Crippen molar-refractivity contribution in [2.75, 3.05) is 19.7 Å². The van der Waals surface area contributed by atoms with E-state index in [1.165, 1.54) is 0 Å². The van der Waals surface area contributed by atoms with Crippen molar-refractivity contribution in [1.29, 1.82) is 0 Å². The van der Waals surface area contributed by atoms with Gasteiger partial charge in [0.2, 0.25) is 0 Å². The van der Waals surface area contributed by atoms with Gasteiger partial charge in [-0.2, -0.15) is 0 Å². The summed E-state index contributed by atoms with van der Waals surface area (Å²) in [6.07, 6.45) is 0.0865. The van der Waals surface area contributed by atoms with Crippen molar-refractivity contribution in [1.82, 2.24) is 5.32 Å². The number of rotatable bonds is 4. The van der Waals surface area contributed by atoms with Crippen molar-refractivity contribution >= 4 is 5.97 Å². The Morgan fingerprint density at radius 1 is 1.69 bits per heavy atom. The number of carbonyl (C=O) groups excluding carboxylic acids is 1. The Morgan fingerprint density at radius 3 is 2.62 bits per heavy atom. The molecule has 1 aliphatic heterocycles. The Hall–Kier alpha value is -0.900. The summed E-state index contributed by atoms with van der Waals surface area (Å²) in [5, 5.41) is 2.92. The van der Waals surface area contributed by atoms with Gasteiger partial charge in [0.1, 0.15) is 5.83 Å². The summed E-state index contributed by atoms with van der Waals surface area (Å²) in [6.45, 7) is 6.26. The minimum absolute atomic E-state index is 0.0865. The van der Waals surface area contributed by atoms with E-state index in [9.17, 15) is 9.18 Å². The molecule has 1 rings (SSSR count). The molecule has 4 heteroatoms. The predicted octanol–water partition coefficient (Wildman–Crippen LogP) is 1.01. The Kier molecular flexibility index (Phi) is 3.03. The second-order valence-corrected chi connectivity index (χ2v) is 3.27. The average Bonchev–Trinajstić information content (AvgIpc) is 1.96. The Labute approximate surface area is 77.0 Å². The fourth-order valence-electron chi connectivity index (χ4n) is 1.33. The summed E-state index contributed by atoms with van der Waals surface area (Å²) in [7, 11) is 0. The highest BCUT2D eigenvalue weighted by Crippen LogP contribution is 2.35. The standard InChI is InChI=1S/C9H14FNO2/c1-3-13-8(12)4-9(7(2)10)5-11-6-9/h11H,2-6H2,1H3. The molecule has 0 aliphatic carbocycles. The topological polar surface area (TPSA) is 38.3 Å². The Bertz CT molecular complexity index is 224. The SMILES string of the molecule is C=C(F)C1(CC(=O)OCC)CNC1. The van der Waals surface area contributed by atoms with Crippen LogP contribution in [-0.4, -0.2) is 25.7 Å². The molecular formula is C9H14FNO2. The average molecular weight is 187 g/mol. The first-order valence-electron chi connectivity index (χ1n) is 4.32. The fourth-order valence-corrected chi connectivity index (χ4v) is 1.33. The first-order valence-corrected chi connectivity index (χ1v) is 4.32. The van der Waals surface area contributed by atoms with Crippen LogP contribution < -0.4 is 5.32 Å². The van der Waals surface area contributed by atoms with Crippen molar-refractivity contribution < 1.29 is 13.9 Å². The largest absolute Gasteiger partial charge is 0.466 e. The Morgan fingerprint density at radius 2 is 2.31 bits per heavy atom. The lowest BCUT2D eigenvalue weighted by Crippen LogP contribution is -2.54. The lowest BCUT2D eigenvalue weighted by Gasteiger charge is -2.40. The summed E-state index contributed by atoms with van der Waals surface area (Å²) in [5.74, 6) is -0.790. The van der Waals surface area contributed by atoms with Gasteiger partial charge in [-0.3, -0.25) is 4.79 Å². The van der Waals surface area contributed by atoms with Crippen molar-refractivity contribution in [3.63, 3.8) is 0 Å². The number of hydrogen-bond acceptors (Lipinski definition) is 3. The van der Waals surface area contributed by atoms with E-state index in [4.69, 9.17) is 4.74 Å². The molecule has 3 nitrogen and oxygen atoms in total. The van der Waals surface area contributed by atoms with E-state index in [0.29, 0.717) is 19.7 Å². The zero-order valence-electron chi connectivity index (χ0n) is 7.73. The van der Waals surface area contributed by atoms with Gasteiger partial charge in [-0.25, -0.2) is 4.39 Å². The van der Waals surface area contributed by atoms with Gasteiger partial charge in [0.25, 0.3) is 0 Å². The first kappa shape index (κ1) is 10.2. The van der Waals surface area contributed by atoms with E-state index < -0.39 is 11.2 Å². The third-order valence-electron chi connectivity index (χ3n) is 2.29. The number of nitrogens with one attached hydrogen (secondary N) is 1. The quantitative estimate of drug-likeness (QED) is 0.667. The summed E-state index contributed by atoms with van der Waals surface area (Å²) in [4.78, 5) is 11.1. The van der Waals surface area contributed by atoms with Crippen LogP contribution in [0.4, 0.5) is 4.39 Å². The fraction of sp³-hybridized carbons (Fsp3) is 0.667. The van der Waals surface area contributed by atoms with Crippen molar-refractivity contribution in [3.05, 3.63) is 12.4 Å². The highest BCUT2D eigenvalue weighted by molar-refractivity contribution is 5.71. The number of esters is 1. The molecule has 0 aromatic carbocycles. The molecule has 0 bridgehead atoms. The summed E-state index contributed by atoms with van der Waals surface area (Å²) in [5.41, 5.74) is -0.702. The highest BCUT2D eigenvalue weighted by atomic mass is 19.1. The molecule has 0 unspecified atom stereocenters. The molecule has 74 valence electrons. The van der Waals surface area contributed by atoms with Gasteiger partial charge >= 0.3 is 5.97 Å². The maximum Gasteiger partial charge on any atom is 0.306 e. The number of hydrogen-bond donors (Lipinski definition) is 1. The highest BCUT2D eigenvalue weighted by Gasteiger charge is 2.42. The maximum absolute atomic E-state index is 13.0. The van der Waals surface area contributed by atoms with Crippen molar-refractivity contribution in [2.24, 2.45) is 5.41 Å². The van der Waals surface area contributed by atoms with E-state index in [2.05, 4.69) is 11.9 Å². The minimum Gasteiger partial charge on any atom is -0.466 e. The second kappa shape index (κ2) is 3.87. The lowest BCUT2D eigenvalue weighted by atomic mass is 9.78. The van der Waals surface area contributed by atoms with Crippen LogP contribution in [0.3, 0.4) is 0 Å². The zero-order chi connectivity index (χ0) is 9.90. The van der Waals surface area contributed by atoms with Crippen LogP contribution in [0.1, 0.15) is 13.3 Å². The van der Waals surface area contributed by atoms with Crippen LogP contribution in [0.2, 0.25) is 0 Å². The van der Waals surface area contributed by atoms with Crippen molar-refractivity contribution in [3.8, 4) is 0 Å². The molecule has 1 heterocycles. The van der Waals surface area contributed by atoms with E-state index in [0.717, 1.165) is 0 Å². The molecule has 1 aliphatic rings. The Balaban J connectivity index is 2.49. The summed E-state index contributed by atoms with van der Waals surface area (Å²) >= 11 is 0. The molecule has 1 fully saturated rings. The van der Waals surface area contributed by atoms with Crippen LogP contribution in [0.25, 0.3) is 0 Å². The number of halogens is 1. The minimum atomic E-state index is -0.702. The molecule has 0 radical (unpaired) electrons. The van der Waals surface area contributed by atoms with Crippen LogP contribution in [0.5, 0.6) is 0 Å². The third kappa shape index (κ3) is 2.06. The molecule has 0 saturated carbocycles. The molecule has 0 aromatic rings. The molecular weight excluding hydrogens is 173 g/mol. The van der Waals surface area contributed by atoms with Gasteiger partial charge in [-0.1, -0.05) is 6.58 Å². The van der Waals surface area contributed by atoms with Gasteiger partial charge in [-0.15, -0.1) is 0 Å². The molecule has 13 heavy (non-hydrogen) atoms. The smallest absolute Gasteiger partial charge is 0.306 e. The van der Waals surface area contributed by atoms with Crippen molar-refractivity contribution in [2.45, 2.75) is 13.3 Å². The van der Waals surface area contributed by atoms with Crippen LogP contribution in [0, 0.1) is 5.41 Å². The van der Waals surface area contributed by atoms with E-state index in [1.54, 1.807) is 6.92 Å². The molecule has 1 saturated heterocycles. The number of ether oxygens (including phenoxy) is 1. The van der Waals surface area contributed by atoms with Crippen LogP contribution in [-0.2, 0) is 9.53 Å². The molecule has 0 aromatic heterocycles. The van der Waals surface area contributed by atoms with Gasteiger partial charge < -0.3 is 10.1 Å².